The molecule has 1 aliphatic rings. The molecule has 1 fully saturated rings. The summed E-state index contributed by atoms with van der Waals surface area (Å²) in [5.74, 6) is 1.86. The minimum atomic E-state index is 0.101. The van der Waals surface area contributed by atoms with Crippen LogP contribution in [0.15, 0.2) is 0 Å². The van der Waals surface area contributed by atoms with Crippen LogP contribution < -0.4 is 5.32 Å². The Morgan fingerprint density at radius 2 is 2.23 bits per heavy atom. The maximum absolute atomic E-state index is 10.6. The van der Waals surface area contributed by atoms with Crippen molar-refractivity contribution in [2.24, 2.45) is 11.8 Å². The number of carbonyl (C=O) groups excluding carboxylic acids is 1. The molecule has 1 saturated carbocycles. The van der Waals surface area contributed by atoms with Gasteiger partial charge in [-0.25, -0.2) is 0 Å². The predicted octanol–water partition coefficient (Wildman–Crippen LogP) is 2.34. The normalized spacial score (nSPS) is 28.5. The van der Waals surface area contributed by atoms with E-state index in [0.29, 0.717) is 0 Å². The number of rotatable bonds is 3. The molecular weight excluding hydrogens is 162 g/mol. The highest BCUT2D eigenvalue weighted by Gasteiger charge is 2.18. The molecule has 1 amide bonds. The third-order valence-electron chi connectivity index (χ3n) is 2.97. The molecule has 2 atom stereocenters. The Labute approximate surface area is 81.1 Å². The summed E-state index contributed by atoms with van der Waals surface area (Å²) >= 11 is 0. The number of nitrogens with one attached hydrogen (secondary N) is 1. The second kappa shape index (κ2) is 5.25. The fourth-order valence-corrected chi connectivity index (χ4v) is 2.27. The van der Waals surface area contributed by atoms with Crippen molar-refractivity contribution in [3.05, 3.63) is 0 Å². The lowest BCUT2D eigenvalue weighted by Crippen LogP contribution is -2.24. The first kappa shape index (κ1) is 10.6. The molecule has 0 aromatic rings. The lowest BCUT2D eigenvalue weighted by atomic mass is 9.81. The average Bonchev–Trinajstić information content (AvgIpc) is 2.03. The minimum absolute atomic E-state index is 0.101. The van der Waals surface area contributed by atoms with Gasteiger partial charge in [-0.15, -0.1) is 0 Å². The maximum Gasteiger partial charge on any atom is 0.216 e. The second-order valence-electron chi connectivity index (χ2n) is 4.41. The Balaban J connectivity index is 2.10. The van der Waals surface area contributed by atoms with Crippen molar-refractivity contribution in [2.45, 2.75) is 46.0 Å². The van der Waals surface area contributed by atoms with Gasteiger partial charge in [0.1, 0.15) is 0 Å². The first-order valence-corrected chi connectivity index (χ1v) is 5.43. The van der Waals surface area contributed by atoms with Gasteiger partial charge in [0.25, 0.3) is 0 Å². The fourth-order valence-electron chi connectivity index (χ4n) is 2.27. The van der Waals surface area contributed by atoms with Crippen molar-refractivity contribution >= 4 is 5.91 Å². The van der Waals surface area contributed by atoms with E-state index in [9.17, 15) is 4.79 Å². The van der Waals surface area contributed by atoms with E-state index in [4.69, 9.17) is 0 Å². The Morgan fingerprint density at radius 3 is 2.85 bits per heavy atom. The molecule has 1 N–H and O–H groups in total. The van der Waals surface area contributed by atoms with E-state index in [0.717, 1.165) is 18.4 Å². The van der Waals surface area contributed by atoms with Crippen LogP contribution in [0.1, 0.15) is 46.0 Å². The van der Waals surface area contributed by atoms with Crippen LogP contribution in [0.3, 0.4) is 0 Å². The lowest BCUT2D eigenvalue weighted by Gasteiger charge is -2.26. The van der Waals surface area contributed by atoms with Gasteiger partial charge in [-0.05, 0) is 24.7 Å². The highest BCUT2D eigenvalue weighted by molar-refractivity contribution is 5.72. The number of hydrogen-bond acceptors (Lipinski definition) is 1. The van der Waals surface area contributed by atoms with Gasteiger partial charge >= 0.3 is 0 Å². The Hall–Kier alpha value is -0.530. The van der Waals surface area contributed by atoms with Crippen molar-refractivity contribution in [1.29, 1.82) is 0 Å². The highest BCUT2D eigenvalue weighted by atomic mass is 16.1. The van der Waals surface area contributed by atoms with Gasteiger partial charge in [0.05, 0.1) is 0 Å². The van der Waals surface area contributed by atoms with E-state index in [1.54, 1.807) is 6.92 Å². The molecule has 76 valence electrons. The maximum atomic E-state index is 10.6. The van der Waals surface area contributed by atoms with Gasteiger partial charge in [0, 0.05) is 13.5 Å². The first-order chi connectivity index (χ1) is 6.18. The zero-order valence-corrected chi connectivity index (χ0v) is 8.81. The third-order valence-corrected chi connectivity index (χ3v) is 2.97. The molecule has 1 aliphatic carbocycles. The SMILES string of the molecule is CC(=O)NCCC1CCCC(C)C1. The fraction of sp³-hybridized carbons (Fsp3) is 0.909. The molecule has 0 aromatic carbocycles. The molecule has 1 rings (SSSR count). The molecule has 0 aliphatic heterocycles. The zero-order chi connectivity index (χ0) is 9.68. The Bertz CT molecular complexity index is 167. The van der Waals surface area contributed by atoms with Gasteiger partial charge in [-0.1, -0.05) is 26.2 Å². The summed E-state index contributed by atoms with van der Waals surface area (Å²) in [7, 11) is 0. The molecule has 0 bridgehead atoms. The van der Waals surface area contributed by atoms with Gasteiger partial charge in [-0.2, -0.15) is 0 Å². The van der Waals surface area contributed by atoms with Gasteiger partial charge in [0.2, 0.25) is 5.91 Å². The molecule has 0 heterocycles. The summed E-state index contributed by atoms with van der Waals surface area (Å²) in [4.78, 5) is 10.6. The average molecular weight is 183 g/mol. The molecule has 2 heteroatoms. The highest BCUT2D eigenvalue weighted by Crippen LogP contribution is 2.30. The second-order valence-corrected chi connectivity index (χ2v) is 4.41. The van der Waals surface area contributed by atoms with E-state index in [1.807, 2.05) is 0 Å². The monoisotopic (exact) mass is 183 g/mol. The number of amides is 1. The molecule has 0 spiro atoms. The Morgan fingerprint density at radius 1 is 1.46 bits per heavy atom. The van der Waals surface area contributed by atoms with Crippen LogP contribution in [-0.2, 0) is 4.79 Å². The summed E-state index contributed by atoms with van der Waals surface area (Å²) in [5.41, 5.74) is 0. The predicted molar refractivity (Wildman–Crippen MR) is 54.4 cm³/mol. The summed E-state index contributed by atoms with van der Waals surface area (Å²) in [5, 5.41) is 2.87. The van der Waals surface area contributed by atoms with Crippen molar-refractivity contribution in [3.8, 4) is 0 Å². The van der Waals surface area contributed by atoms with Crippen molar-refractivity contribution in [3.63, 3.8) is 0 Å². The summed E-state index contributed by atoms with van der Waals surface area (Å²) in [6, 6.07) is 0. The zero-order valence-electron chi connectivity index (χ0n) is 8.81. The molecule has 0 saturated heterocycles. The molecule has 0 aromatic heterocycles. The molecule has 13 heavy (non-hydrogen) atoms. The standard InChI is InChI=1S/C11H21NO/c1-9-4-3-5-11(8-9)6-7-12-10(2)13/h9,11H,3-8H2,1-2H3,(H,12,13). The molecule has 2 nitrogen and oxygen atoms in total. The van der Waals surface area contributed by atoms with Crippen molar-refractivity contribution in [1.82, 2.24) is 5.32 Å². The van der Waals surface area contributed by atoms with Crippen LogP contribution in [0.5, 0.6) is 0 Å². The first-order valence-electron chi connectivity index (χ1n) is 5.43. The van der Waals surface area contributed by atoms with Crippen LogP contribution in [0.2, 0.25) is 0 Å². The van der Waals surface area contributed by atoms with Crippen LogP contribution in [0, 0.1) is 11.8 Å². The largest absolute Gasteiger partial charge is 0.356 e. The number of carbonyl (C=O) groups is 1. The quantitative estimate of drug-likeness (QED) is 0.715. The molecule has 0 radical (unpaired) electrons. The smallest absolute Gasteiger partial charge is 0.216 e. The summed E-state index contributed by atoms with van der Waals surface area (Å²) in [6.45, 7) is 4.79. The van der Waals surface area contributed by atoms with Crippen LogP contribution >= 0.6 is 0 Å². The summed E-state index contributed by atoms with van der Waals surface area (Å²) in [6.07, 6.45) is 6.68. The van der Waals surface area contributed by atoms with E-state index < -0.39 is 0 Å². The topological polar surface area (TPSA) is 29.1 Å². The lowest BCUT2D eigenvalue weighted by molar-refractivity contribution is -0.119. The summed E-state index contributed by atoms with van der Waals surface area (Å²) < 4.78 is 0. The number of hydrogen-bond donors (Lipinski definition) is 1. The van der Waals surface area contributed by atoms with E-state index in [-0.39, 0.29) is 5.91 Å². The van der Waals surface area contributed by atoms with Gasteiger partial charge < -0.3 is 5.32 Å². The van der Waals surface area contributed by atoms with Crippen molar-refractivity contribution < 1.29 is 4.79 Å². The minimum Gasteiger partial charge on any atom is -0.356 e. The van der Waals surface area contributed by atoms with Crippen LogP contribution in [-0.4, -0.2) is 12.5 Å². The van der Waals surface area contributed by atoms with E-state index in [1.165, 1.54) is 32.1 Å². The molecule has 2 unspecified atom stereocenters. The van der Waals surface area contributed by atoms with Gasteiger partial charge in [0.15, 0.2) is 0 Å². The van der Waals surface area contributed by atoms with Crippen LogP contribution in [0.25, 0.3) is 0 Å². The van der Waals surface area contributed by atoms with Crippen LogP contribution in [0.4, 0.5) is 0 Å². The van der Waals surface area contributed by atoms with Crippen molar-refractivity contribution in [2.75, 3.05) is 6.54 Å². The van der Waals surface area contributed by atoms with E-state index >= 15 is 0 Å². The Kier molecular flexibility index (Phi) is 4.26. The van der Waals surface area contributed by atoms with E-state index in [2.05, 4.69) is 12.2 Å². The third kappa shape index (κ3) is 4.30. The van der Waals surface area contributed by atoms with Gasteiger partial charge in [-0.3, -0.25) is 4.79 Å². The molecular formula is C11H21NO.